The molecule has 1 radical (unpaired) electrons. The fourth-order valence-corrected chi connectivity index (χ4v) is 0. The molecule has 0 aromatic carbocycles. The molecule has 0 saturated carbocycles. The Balaban J connectivity index is 2.83. The van der Waals surface area contributed by atoms with Gasteiger partial charge in [-0.2, -0.15) is 0 Å². The van der Waals surface area contributed by atoms with E-state index in [0.29, 0.717) is 0 Å². The van der Waals surface area contributed by atoms with Crippen molar-refractivity contribution in [2.24, 2.45) is 0 Å². The Hall–Kier alpha value is -0.223. The molecule has 4 heavy (non-hydrogen) atoms. The third-order valence-electron chi connectivity index (χ3n) is 0.177. The molecule has 0 aliphatic rings. The van der Waals surface area contributed by atoms with E-state index >= 15 is 0 Å². The van der Waals surface area contributed by atoms with Crippen LogP contribution in [0, 0.1) is 18.4 Å². The first-order chi connectivity index (χ1) is 1.91. The smallest absolute Gasteiger partial charge is 0.0906 e. The first-order valence-corrected chi connectivity index (χ1v) is 2.10. The van der Waals surface area contributed by atoms with Gasteiger partial charge in [0.15, 0.2) is 0 Å². The highest BCUT2D eigenvalue weighted by atomic mass is 28.1. The minimum atomic E-state index is 0.966. The average Bonchev–Trinajstić information content (AvgIpc) is 1.37. The van der Waals surface area contributed by atoms with Crippen LogP contribution in [0.15, 0.2) is 0 Å². The average molecular weight is 69.2 g/mol. The zero-order chi connectivity index (χ0) is 3.41. The predicted octanol–water partition coefficient (Wildman–Crippen LogP) is -0.853. The van der Waals surface area contributed by atoms with Gasteiger partial charge in [-0.05, 0) is 0 Å². The van der Waals surface area contributed by atoms with Crippen molar-refractivity contribution in [1.82, 2.24) is 0 Å². The quantitative estimate of drug-likeness (QED) is 0.257. The summed E-state index contributed by atoms with van der Waals surface area (Å²) >= 11 is 0. The molecule has 0 N–H and O–H groups in total. The van der Waals surface area contributed by atoms with Gasteiger partial charge >= 0.3 is 0 Å². The van der Waals surface area contributed by atoms with Gasteiger partial charge in [-0.3, -0.25) is 0 Å². The van der Waals surface area contributed by atoms with Crippen molar-refractivity contribution in [1.29, 1.82) is 0 Å². The largest absolute Gasteiger partial charge is 0.144 e. The minimum absolute atomic E-state index is 0.966. The van der Waals surface area contributed by atoms with E-state index in [0.717, 1.165) is 10.2 Å². The highest BCUT2D eigenvalue weighted by molar-refractivity contribution is 6.22. The van der Waals surface area contributed by atoms with Gasteiger partial charge in [-0.1, -0.05) is 0 Å². The lowest BCUT2D eigenvalue weighted by Crippen LogP contribution is -1.41. The van der Waals surface area contributed by atoms with Crippen LogP contribution in [0.3, 0.4) is 0 Å². The van der Waals surface area contributed by atoms with Crippen LogP contribution in [0.2, 0.25) is 0 Å². The highest BCUT2D eigenvalue weighted by Gasteiger charge is 1.27. The van der Waals surface area contributed by atoms with E-state index in [-0.39, 0.29) is 0 Å². The van der Waals surface area contributed by atoms with Crippen LogP contribution in [0.25, 0.3) is 0 Å². The third kappa shape index (κ3) is 1.78. The molecule has 0 saturated heterocycles. The number of hydrogen-bond acceptors (Lipinski definition) is 0. The normalized spacial score (nSPS) is 4.25. The minimum Gasteiger partial charge on any atom is -0.144 e. The van der Waals surface area contributed by atoms with Gasteiger partial charge in [0, 0.05) is 6.92 Å². The van der Waals surface area contributed by atoms with Crippen LogP contribution >= 0.6 is 0 Å². The van der Waals surface area contributed by atoms with Crippen LogP contribution in [0.4, 0.5) is 0 Å². The van der Waals surface area contributed by atoms with E-state index in [9.17, 15) is 0 Å². The van der Waals surface area contributed by atoms with Gasteiger partial charge < -0.3 is 0 Å². The van der Waals surface area contributed by atoms with Gasteiger partial charge in [0.05, 0.1) is 10.2 Å². The molecule has 0 aromatic rings. The summed E-state index contributed by atoms with van der Waals surface area (Å²) < 4.78 is 0. The molecule has 0 atom stereocenters. The third-order valence-corrected chi connectivity index (χ3v) is 0.530. The number of hydrogen-bond donors (Lipinski definition) is 0. The maximum Gasteiger partial charge on any atom is 0.0906 e. The fourth-order valence-electron chi connectivity index (χ4n) is 0. The summed E-state index contributed by atoms with van der Waals surface area (Å²) in [4.78, 5) is 0. The molecular formula is C3H5Si. The second-order valence-corrected chi connectivity index (χ2v) is 0.927. The van der Waals surface area contributed by atoms with Crippen molar-refractivity contribution in [3.05, 3.63) is 6.92 Å². The van der Waals surface area contributed by atoms with E-state index < -0.39 is 0 Å². The zero-order valence-corrected chi connectivity index (χ0v) is 4.71. The lowest BCUT2D eigenvalue weighted by atomic mass is 10.8. The van der Waals surface area contributed by atoms with Gasteiger partial charge in [-0.25, -0.2) is 0 Å². The lowest BCUT2D eigenvalue weighted by molar-refractivity contribution is 2.41. The van der Waals surface area contributed by atoms with E-state index in [4.69, 9.17) is 0 Å². The topological polar surface area (TPSA) is 0 Å². The molecule has 0 aliphatic heterocycles. The van der Waals surface area contributed by atoms with Gasteiger partial charge in [0.25, 0.3) is 0 Å². The SMILES string of the molecule is [CH2]C#C[SiH3]. The predicted molar refractivity (Wildman–Crippen MR) is 23.1 cm³/mol. The first kappa shape index (κ1) is 3.78. The first-order valence-electron chi connectivity index (χ1n) is 1.10. The Bertz CT molecular complexity index is 40.0. The standard InChI is InChI=1S/C3H5Si/c1-2-3-4/h1H2,4H3. The molecule has 0 rings (SSSR count). The molecule has 0 nitrogen and oxygen atoms in total. The van der Waals surface area contributed by atoms with Crippen LogP contribution < -0.4 is 0 Å². The van der Waals surface area contributed by atoms with Crippen LogP contribution in [-0.4, -0.2) is 10.2 Å². The van der Waals surface area contributed by atoms with E-state index in [2.05, 4.69) is 18.4 Å². The Kier molecular flexibility index (Phi) is 2.62. The summed E-state index contributed by atoms with van der Waals surface area (Å²) in [5.41, 5.74) is 2.71. The van der Waals surface area contributed by atoms with E-state index in [1.54, 1.807) is 0 Å². The van der Waals surface area contributed by atoms with E-state index in [1.807, 2.05) is 0 Å². The molecule has 0 bridgehead atoms. The Labute approximate surface area is 29.6 Å². The lowest BCUT2D eigenvalue weighted by Gasteiger charge is -1.39. The maximum absolute atomic E-state index is 3.28. The summed E-state index contributed by atoms with van der Waals surface area (Å²) in [6.07, 6.45) is 0. The molecule has 0 heterocycles. The van der Waals surface area contributed by atoms with Crippen molar-refractivity contribution < 1.29 is 0 Å². The Morgan fingerprint density at radius 1 is 1.75 bits per heavy atom. The van der Waals surface area contributed by atoms with Gasteiger partial charge in [-0.15, -0.1) is 11.5 Å². The molecule has 0 amide bonds. The molecule has 0 aromatic heterocycles. The highest BCUT2D eigenvalue weighted by Crippen LogP contribution is 1.30. The van der Waals surface area contributed by atoms with Crippen molar-refractivity contribution in [2.45, 2.75) is 0 Å². The molecule has 1 heteroatoms. The maximum atomic E-state index is 3.28. The Morgan fingerprint density at radius 2 is 2.00 bits per heavy atom. The summed E-state index contributed by atoms with van der Waals surface area (Å²) in [6, 6.07) is 0. The molecular weight excluding hydrogens is 64.1 g/mol. The summed E-state index contributed by atoms with van der Waals surface area (Å²) in [6.45, 7) is 3.28. The summed E-state index contributed by atoms with van der Waals surface area (Å²) in [5.74, 6) is 2.49. The van der Waals surface area contributed by atoms with Gasteiger partial charge in [0.2, 0.25) is 0 Å². The van der Waals surface area contributed by atoms with E-state index in [1.165, 1.54) is 0 Å². The molecule has 0 unspecified atom stereocenters. The van der Waals surface area contributed by atoms with Crippen LogP contribution in [-0.2, 0) is 0 Å². The molecule has 21 valence electrons. The number of rotatable bonds is 0. The van der Waals surface area contributed by atoms with Gasteiger partial charge in [0.1, 0.15) is 0 Å². The van der Waals surface area contributed by atoms with Crippen molar-refractivity contribution >= 4 is 10.2 Å². The molecule has 0 spiro atoms. The van der Waals surface area contributed by atoms with Crippen LogP contribution in [0.1, 0.15) is 0 Å². The second kappa shape index (κ2) is 2.78. The van der Waals surface area contributed by atoms with Crippen molar-refractivity contribution in [3.8, 4) is 11.5 Å². The monoisotopic (exact) mass is 69.0 g/mol. The fraction of sp³-hybridized carbons (Fsp3) is 0. The zero-order valence-electron chi connectivity index (χ0n) is 2.71. The van der Waals surface area contributed by atoms with Crippen molar-refractivity contribution in [3.63, 3.8) is 0 Å². The molecule has 0 aliphatic carbocycles. The van der Waals surface area contributed by atoms with Crippen molar-refractivity contribution in [2.75, 3.05) is 0 Å². The molecule has 0 fully saturated rings. The second-order valence-electron chi connectivity index (χ2n) is 0.427. The van der Waals surface area contributed by atoms with Crippen LogP contribution in [0.5, 0.6) is 0 Å². The Morgan fingerprint density at radius 3 is 2.00 bits per heavy atom. The summed E-state index contributed by atoms with van der Waals surface area (Å²) in [5, 5.41) is 0. The summed E-state index contributed by atoms with van der Waals surface area (Å²) in [7, 11) is 0.966.